The molecule has 1 rings (SSSR count). The second-order valence-corrected chi connectivity index (χ2v) is 24.6. The van der Waals surface area contributed by atoms with Gasteiger partial charge in [-0.1, -0.05) is 296 Å². The molecule has 89 heavy (non-hydrogen) atoms. The lowest BCUT2D eigenvalue weighted by molar-refractivity contribution is -0.305. The van der Waals surface area contributed by atoms with Gasteiger partial charge in [-0.05, 0) is 116 Å². The van der Waals surface area contributed by atoms with Gasteiger partial charge in [-0.3, -0.25) is 9.59 Å². The van der Waals surface area contributed by atoms with Crippen LogP contribution < -0.4 is 5.32 Å². The minimum absolute atomic E-state index is 0.104. The van der Waals surface area contributed by atoms with E-state index in [9.17, 15) is 35.1 Å². The number of amides is 1. The SMILES string of the molecule is CC/C=C\C/C=C\C/C=C\C/C=C\C/C=C\CCCCCCCCCC(=O)OC1C(OCC(NC(=O)C(O)CCCCCCCCCC/C=C\C/C=C\C/C=C\C/C=C\CCCCC)C(O)/C=C/CCCCCCCCCCCCC)OC(CO)C(O)C1O. The normalized spacial score (nSPS) is 18.9. The van der Waals surface area contributed by atoms with Crippen LogP contribution in [0.15, 0.2) is 122 Å². The minimum atomic E-state index is -1.63. The Morgan fingerprint density at radius 2 is 0.809 bits per heavy atom. The van der Waals surface area contributed by atoms with Crippen molar-refractivity contribution in [2.75, 3.05) is 13.2 Å². The molecule has 1 aliphatic rings. The van der Waals surface area contributed by atoms with Crippen LogP contribution in [0, 0.1) is 0 Å². The lowest BCUT2D eigenvalue weighted by Gasteiger charge is -2.41. The molecule has 6 N–H and O–H groups in total. The molecular weight excluding hydrogens is 1110 g/mol. The van der Waals surface area contributed by atoms with Crippen LogP contribution in [0.2, 0.25) is 0 Å². The van der Waals surface area contributed by atoms with Gasteiger partial charge in [-0.25, -0.2) is 0 Å². The molecule has 0 saturated carbocycles. The first kappa shape index (κ1) is 83.1. The Morgan fingerprint density at radius 3 is 1.24 bits per heavy atom. The maximum Gasteiger partial charge on any atom is 0.306 e. The summed E-state index contributed by atoms with van der Waals surface area (Å²) in [6, 6.07) is -1.04. The molecule has 1 saturated heterocycles. The number of carbonyl (C=O) groups excluding carboxylic acids is 2. The second-order valence-electron chi connectivity index (χ2n) is 24.6. The Morgan fingerprint density at radius 1 is 0.449 bits per heavy atom. The van der Waals surface area contributed by atoms with E-state index in [4.69, 9.17) is 14.2 Å². The number of nitrogens with one attached hydrogen (secondary N) is 1. The fourth-order valence-electron chi connectivity index (χ4n) is 10.7. The third-order valence-electron chi connectivity index (χ3n) is 16.3. The van der Waals surface area contributed by atoms with Gasteiger partial charge in [0.1, 0.15) is 24.4 Å². The standard InChI is InChI=1S/C78H133NO10/c1-4-7-10-13-16-19-22-25-27-29-31-33-35-37-38-40-42-44-47-50-53-56-59-62-65-71(82)77(86)79-69(70(81)64-61-58-55-52-49-46-24-21-18-15-12-9-6-3)68-87-78-76(75(85)74(84)72(67-80)88-78)89-73(83)66-63-60-57-54-51-48-45-43-41-39-36-34-32-30-28-26-23-20-17-14-11-8-5-2/h8,11,16-17,19-20,25-28,31-34,37-39,41,61,64,69-72,74-76,78,80-82,84-85H,4-7,9-10,12-15,18,21-24,29-30,35-36,40,42-60,62-63,65-68H2,1-3H3,(H,79,86)/b11-8-,19-16-,20-17-,27-25-,28-26-,33-31-,34-32-,38-37-,41-39-,64-61+. The second kappa shape index (κ2) is 64.2. The zero-order valence-electron chi connectivity index (χ0n) is 56.8. The summed E-state index contributed by atoms with van der Waals surface area (Å²) < 4.78 is 17.7. The van der Waals surface area contributed by atoms with Gasteiger partial charge in [0.25, 0.3) is 0 Å². The van der Waals surface area contributed by atoms with Crippen molar-refractivity contribution in [2.24, 2.45) is 0 Å². The van der Waals surface area contributed by atoms with E-state index in [-0.39, 0.29) is 19.4 Å². The maximum atomic E-state index is 13.5. The summed E-state index contributed by atoms with van der Waals surface area (Å²) in [5.74, 6) is -1.21. The molecule has 11 nitrogen and oxygen atoms in total. The summed E-state index contributed by atoms with van der Waals surface area (Å²) in [6.45, 7) is 5.66. The van der Waals surface area contributed by atoms with Crippen molar-refractivity contribution in [3.8, 4) is 0 Å². The monoisotopic (exact) mass is 1240 g/mol. The summed E-state index contributed by atoms with van der Waals surface area (Å²) >= 11 is 0. The molecule has 8 unspecified atom stereocenters. The molecule has 1 heterocycles. The number of aliphatic hydroxyl groups is 5. The topological polar surface area (TPSA) is 175 Å². The number of carbonyl (C=O) groups is 2. The highest BCUT2D eigenvalue weighted by Crippen LogP contribution is 2.26. The molecule has 0 spiro atoms. The fraction of sp³-hybridized carbons (Fsp3) is 0.718. The minimum Gasteiger partial charge on any atom is -0.454 e. The van der Waals surface area contributed by atoms with Crippen LogP contribution in [-0.2, 0) is 23.8 Å². The van der Waals surface area contributed by atoms with E-state index in [1.165, 1.54) is 109 Å². The zero-order chi connectivity index (χ0) is 64.6. The molecule has 1 fully saturated rings. The molecule has 0 aromatic heterocycles. The number of aliphatic hydroxyl groups excluding tert-OH is 5. The number of esters is 1. The number of unbranched alkanes of at least 4 members (excludes halogenated alkanes) is 29. The first-order valence-corrected chi connectivity index (χ1v) is 36.3. The zero-order valence-corrected chi connectivity index (χ0v) is 56.8. The van der Waals surface area contributed by atoms with Crippen LogP contribution >= 0.6 is 0 Å². The predicted octanol–water partition coefficient (Wildman–Crippen LogP) is 19.0. The van der Waals surface area contributed by atoms with E-state index in [0.29, 0.717) is 12.8 Å². The van der Waals surface area contributed by atoms with Gasteiger partial charge in [0.2, 0.25) is 5.91 Å². The van der Waals surface area contributed by atoms with Crippen molar-refractivity contribution in [2.45, 2.75) is 346 Å². The molecule has 0 aromatic carbocycles. The largest absolute Gasteiger partial charge is 0.454 e. The fourth-order valence-corrected chi connectivity index (χ4v) is 10.7. The highest BCUT2D eigenvalue weighted by Gasteiger charge is 2.47. The smallest absolute Gasteiger partial charge is 0.306 e. The van der Waals surface area contributed by atoms with E-state index >= 15 is 0 Å². The number of ether oxygens (including phenoxy) is 3. The summed E-state index contributed by atoms with van der Waals surface area (Å²) in [7, 11) is 0. The van der Waals surface area contributed by atoms with E-state index in [1.54, 1.807) is 6.08 Å². The van der Waals surface area contributed by atoms with Crippen LogP contribution in [0.1, 0.15) is 297 Å². The molecule has 1 aliphatic heterocycles. The average Bonchev–Trinajstić information content (AvgIpc) is 3.20. The Labute approximate surface area is 544 Å². The third kappa shape index (κ3) is 51.3. The van der Waals surface area contributed by atoms with Gasteiger partial charge in [0, 0.05) is 6.42 Å². The number of hydrogen-bond acceptors (Lipinski definition) is 10. The van der Waals surface area contributed by atoms with Crippen molar-refractivity contribution in [1.82, 2.24) is 5.32 Å². The number of hydrogen-bond donors (Lipinski definition) is 6. The Kier molecular flexibility index (Phi) is 59.9. The van der Waals surface area contributed by atoms with E-state index in [2.05, 4.69) is 135 Å². The van der Waals surface area contributed by atoms with Crippen LogP contribution in [-0.4, -0.2) is 99.6 Å². The molecule has 0 aliphatic carbocycles. The predicted molar refractivity (Wildman–Crippen MR) is 374 cm³/mol. The summed E-state index contributed by atoms with van der Waals surface area (Å²) in [5, 5.41) is 57.3. The van der Waals surface area contributed by atoms with Crippen molar-refractivity contribution < 1.29 is 49.3 Å². The van der Waals surface area contributed by atoms with Crippen LogP contribution in [0.3, 0.4) is 0 Å². The molecular formula is C78H133NO10. The highest BCUT2D eigenvalue weighted by atomic mass is 16.7. The lowest BCUT2D eigenvalue weighted by Crippen LogP contribution is -2.61. The number of rotatable bonds is 61. The van der Waals surface area contributed by atoms with E-state index in [1.807, 2.05) is 6.08 Å². The van der Waals surface area contributed by atoms with Crippen LogP contribution in [0.25, 0.3) is 0 Å². The molecule has 0 bridgehead atoms. The van der Waals surface area contributed by atoms with E-state index < -0.39 is 67.4 Å². The Hall–Kier alpha value is -3.94. The first-order valence-electron chi connectivity index (χ1n) is 36.3. The van der Waals surface area contributed by atoms with Gasteiger partial charge in [-0.2, -0.15) is 0 Å². The number of allylic oxidation sites excluding steroid dienone is 19. The molecule has 8 atom stereocenters. The van der Waals surface area contributed by atoms with Crippen molar-refractivity contribution in [3.63, 3.8) is 0 Å². The average molecular weight is 1240 g/mol. The van der Waals surface area contributed by atoms with Gasteiger partial charge in [0.05, 0.1) is 25.4 Å². The van der Waals surface area contributed by atoms with Gasteiger partial charge < -0.3 is 45.1 Å². The van der Waals surface area contributed by atoms with Gasteiger partial charge >= 0.3 is 5.97 Å². The van der Waals surface area contributed by atoms with E-state index in [0.717, 1.165) is 141 Å². The molecule has 0 radical (unpaired) electrons. The summed E-state index contributed by atoms with van der Waals surface area (Å²) in [5.41, 5.74) is 0. The Bertz CT molecular complexity index is 1920. The van der Waals surface area contributed by atoms with Crippen LogP contribution in [0.5, 0.6) is 0 Å². The molecule has 11 heteroatoms. The third-order valence-corrected chi connectivity index (χ3v) is 16.3. The van der Waals surface area contributed by atoms with Gasteiger partial charge in [-0.15, -0.1) is 0 Å². The lowest BCUT2D eigenvalue weighted by atomic mass is 9.99. The maximum absolute atomic E-state index is 13.5. The van der Waals surface area contributed by atoms with Crippen molar-refractivity contribution >= 4 is 11.9 Å². The molecule has 510 valence electrons. The summed E-state index contributed by atoms with van der Waals surface area (Å²) in [4.78, 5) is 26.7. The van der Waals surface area contributed by atoms with Crippen molar-refractivity contribution in [1.29, 1.82) is 0 Å². The Balaban J connectivity index is 2.61. The van der Waals surface area contributed by atoms with Crippen molar-refractivity contribution in [3.05, 3.63) is 122 Å². The molecule has 1 amide bonds. The quantitative estimate of drug-likeness (QED) is 0.0195. The first-order chi connectivity index (χ1) is 43.7. The summed E-state index contributed by atoms with van der Waals surface area (Å²) in [6.07, 6.45) is 79.4. The highest BCUT2D eigenvalue weighted by molar-refractivity contribution is 5.80. The van der Waals surface area contributed by atoms with Gasteiger partial charge in [0.15, 0.2) is 12.4 Å². The van der Waals surface area contributed by atoms with Crippen LogP contribution in [0.4, 0.5) is 0 Å². The molecule has 0 aromatic rings.